The maximum absolute atomic E-state index is 13.0. The molecule has 4 rings (SSSR count). The van der Waals surface area contributed by atoms with E-state index in [1.54, 1.807) is 13.1 Å². The van der Waals surface area contributed by atoms with E-state index in [0.717, 1.165) is 48.2 Å². The van der Waals surface area contributed by atoms with Crippen molar-refractivity contribution in [2.75, 3.05) is 11.9 Å². The fourth-order valence-electron chi connectivity index (χ4n) is 4.26. The Kier molecular flexibility index (Phi) is 6.67. The molecule has 1 aromatic heterocycles. The molecule has 0 aliphatic heterocycles. The Morgan fingerprint density at radius 1 is 1.12 bits per heavy atom. The summed E-state index contributed by atoms with van der Waals surface area (Å²) in [6.45, 7) is 2.04. The van der Waals surface area contributed by atoms with Crippen LogP contribution in [0.4, 0.5) is 18.9 Å². The van der Waals surface area contributed by atoms with Gasteiger partial charge in [-0.15, -0.1) is 0 Å². The quantitative estimate of drug-likeness (QED) is 0.440. The van der Waals surface area contributed by atoms with Crippen molar-refractivity contribution >= 4 is 11.7 Å². The number of rotatable bonds is 6. The van der Waals surface area contributed by atoms with Crippen molar-refractivity contribution in [2.45, 2.75) is 44.8 Å². The molecule has 1 aliphatic rings. The molecular formula is C26H25F3N2O2. The molecule has 0 bridgehead atoms. The molecule has 3 aromatic rings. The van der Waals surface area contributed by atoms with Gasteiger partial charge in [0.25, 0.3) is 0 Å². The van der Waals surface area contributed by atoms with Crippen LogP contribution in [0.25, 0.3) is 11.1 Å². The largest absolute Gasteiger partial charge is 0.466 e. The van der Waals surface area contributed by atoms with Crippen LogP contribution in [-0.2, 0) is 28.5 Å². The van der Waals surface area contributed by atoms with Gasteiger partial charge < -0.3 is 10.1 Å². The van der Waals surface area contributed by atoms with E-state index in [1.165, 1.54) is 23.3 Å². The Morgan fingerprint density at radius 2 is 1.91 bits per heavy atom. The van der Waals surface area contributed by atoms with Crippen LogP contribution in [0.3, 0.4) is 0 Å². The molecule has 1 unspecified atom stereocenters. The summed E-state index contributed by atoms with van der Waals surface area (Å²) in [6.07, 6.45) is 2.35. The summed E-state index contributed by atoms with van der Waals surface area (Å²) in [5.74, 6) is -0.345. The minimum absolute atomic E-state index is 0.0855. The lowest BCUT2D eigenvalue weighted by molar-refractivity contribution is -0.142. The van der Waals surface area contributed by atoms with Gasteiger partial charge in [0.15, 0.2) is 0 Å². The van der Waals surface area contributed by atoms with Gasteiger partial charge in [0.1, 0.15) is 0 Å². The molecule has 4 nitrogen and oxygen atoms in total. The van der Waals surface area contributed by atoms with Crippen LogP contribution in [0.2, 0.25) is 0 Å². The number of pyridine rings is 1. The highest BCUT2D eigenvalue weighted by Gasteiger charge is 2.30. The molecule has 0 radical (unpaired) electrons. The van der Waals surface area contributed by atoms with E-state index in [2.05, 4.69) is 10.3 Å². The van der Waals surface area contributed by atoms with E-state index in [1.807, 2.05) is 30.5 Å². The second-order valence-corrected chi connectivity index (χ2v) is 8.14. The van der Waals surface area contributed by atoms with Crippen molar-refractivity contribution in [1.29, 1.82) is 0 Å². The van der Waals surface area contributed by atoms with Crippen LogP contribution >= 0.6 is 0 Å². The first-order valence-electron chi connectivity index (χ1n) is 11.0. The van der Waals surface area contributed by atoms with E-state index in [-0.39, 0.29) is 25.0 Å². The average Bonchev–Trinajstić information content (AvgIpc) is 2.79. The maximum Gasteiger partial charge on any atom is 0.416 e. The Labute approximate surface area is 190 Å². The summed E-state index contributed by atoms with van der Waals surface area (Å²) in [7, 11) is 0. The number of aromatic nitrogens is 1. The molecule has 0 fully saturated rings. The molecule has 172 valence electrons. The second kappa shape index (κ2) is 9.65. The van der Waals surface area contributed by atoms with Crippen LogP contribution < -0.4 is 5.32 Å². The highest BCUT2D eigenvalue weighted by atomic mass is 19.4. The number of anilines is 1. The first-order chi connectivity index (χ1) is 15.8. The number of halogens is 3. The van der Waals surface area contributed by atoms with Crippen molar-refractivity contribution in [2.24, 2.45) is 0 Å². The third-order valence-corrected chi connectivity index (χ3v) is 5.79. The molecular weight excluding hydrogens is 429 g/mol. The number of fused-ring (bicyclic) bond motifs is 1. The van der Waals surface area contributed by atoms with Crippen molar-refractivity contribution in [1.82, 2.24) is 4.98 Å². The highest BCUT2D eigenvalue weighted by molar-refractivity contribution is 5.76. The Hall–Kier alpha value is -3.35. The van der Waals surface area contributed by atoms with Crippen LogP contribution in [0.15, 0.2) is 60.9 Å². The predicted molar refractivity (Wildman–Crippen MR) is 121 cm³/mol. The molecule has 1 N–H and O–H groups in total. The fraction of sp³-hybridized carbons (Fsp3) is 0.308. The van der Waals surface area contributed by atoms with E-state index >= 15 is 0 Å². The van der Waals surface area contributed by atoms with Gasteiger partial charge in [0.05, 0.1) is 24.6 Å². The maximum atomic E-state index is 13.0. The molecule has 2 aromatic carbocycles. The van der Waals surface area contributed by atoms with Crippen molar-refractivity contribution < 1.29 is 22.7 Å². The van der Waals surface area contributed by atoms with Gasteiger partial charge in [-0.05, 0) is 84.3 Å². The van der Waals surface area contributed by atoms with Gasteiger partial charge >= 0.3 is 12.1 Å². The van der Waals surface area contributed by atoms with Gasteiger partial charge in [-0.3, -0.25) is 9.78 Å². The van der Waals surface area contributed by atoms with Crippen LogP contribution in [0.1, 0.15) is 48.1 Å². The number of nitrogens with one attached hydrogen (secondary N) is 1. The highest BCUT2D eigenvalue weighted by Crippen LogP contribution is 2.35. The summed E-state index contributed by atoms with van der Waals surface area (Å²) in [4.78, 5) is 16.3. The molecule has 33 heavy (non-hydrogen) atoms. The smallest absolute Gasteiger partial charge is 0.416 e. The third-order valence-electron chi connectivity index (χ3n) is 5.79. The van der Waals surface area contributed by atoms with E-state index < -0.39 is 11.7 Å². The first-order valence-corrected chi connectivity index (χ1v) is 11.0. The Balaban J connectivity index is 1.67. The number of alkyl halides is 3. The first kappa shape index (κ1) is 22.8. The molecule has 0 saturated carbocycles. The molecule has 1 aliphatic carbocycles. The SMILES string of the molecule is CCOC(=O)Cc1cc(NC2CCCc3cnccc32)cc(-c2ccc(C(F)(F)F)cc2)c1. The summed E-state index contributed by atoms with van der Waals surface area (Å²) in [5, 5.41) is 3.57. The second-order valence-electron chi connectivity index (χ2n) is 8.14. The van der Waals surface area contributed by atoms with Crippen LogP contribution in [0.5, 0.6) is 0 Å². The molecule has 7 heteroatoms. The standard InChI is InChI=1S/C26H25F3N2O2/c1-2-33-25(32)14-17-12-20(18-6-8-21(9-7-18)26(27,28)29)15-22(13-17)31-24-5-3-4-19-16-30-11-10-23(19)24/h6-13,15-16,24,31H,2-5,14H2,1H3. The van der Waals surface area contributed by atoms with E-state index in [0.29, 0.717) is 5.56 Å². The molecule has 1 atom stereocenters. The van der Waals surface area contributed by atoms with Gasteiger partial charge in [0, 0.05) is 18.1 Å². The molecule has 1 heterocycles. The van der Waals surface area contributed by atoms with Gasteiger partial charge in [-0.25, -0.2) is 0 Å². The number of carbonyl (C=O) groups is 1. The number of carbonyl (C=O) groups excluding carboxylic acids is 1. The number of hydrogen-bond acceptors (Lipinski definition) is 4. The number of nitrogens with zero attached hydrogens (tertiary/aromatic N) is 1. The number of benzene rings is 2. The van der Waals surface area contributed by atoms with Gasteiger partial charge in [-0.1, -0.05) is 18.2 Å². The zero-order valence-electron chi connectivity index (χ0n) is 18.3. The predicted octanol–water partition coefficient (Wildman–Crippen LogP) is 6.36. The van der Waals surface area contributed by atoms with E-state index in [4.69, 9.17) is 4.74 Å². The van der Waals surface area contributed by atoms with Gasteiger partial charge in [-0.2, -0.15) is 13.2 Å². The summed E-state index contributed by atoms with van der Waals surface area (Å²) < 4.78 is 44.0. The van der Waals surface area contributed by atoms with Crippen molar-refractivity contribution in [3.05, 3.63) is 83.2 Å². The number of hydrogen-bond donors (Lipinski definition) is 1. The fourth-order valence-corrected chi connectivity index (χ4v) is 4.26. The third kappa shape index (κ3) is 5.53. The van der Waals surface area contributed by atoms with Gasteiger partial charge in [0.2, 0.25) is 0 Å². The summed E-state index contributed by atoms with van der Waals surface area (Å²) in [6, 6.07) is 12.8. The van der Waals surface area contributed by atoms with Crippen molar-refractivity contribution in [3.8, 4) is 11.1 Å². The average molecular weight is 454 g/mol. The molecule has 0 saturated heterocycles. The molecule has 0 amide bonds. The monoisotopic (exact) mass is 454 g/mol. The number of aryl methyl sites for hydroxylation is 1. The topological polar surface area (TPSA) is 51.2 Å². The Morgan fingerprint density at radius 3 is 2.64 bits per heavy atom. The zero-order chi connectivity index (χ0) is 23.4. The summed E-state index contributed by atoms with van der Waals surface area (Å²) >= 11 is 0. The summed E-state index contributed by atoms with van der Waals surface area (Å²) in [5.41, 5.74) is 4.64. The molecule has 0 spiro atoms. The lowest BCUT2D eigenvalue weighted by atomic mass is 9.89. The normalized spacial score (nSPS) is 15.6. The van der Waals surface area contributed by atoms with Crippen molar-refractivity contribution in [3.63, 3.8) is 0 Å². The lowest BCUT2D eigenvalue weighted by Crippen LogP contribution is -2.18. The minimum atomic E-state index is -4.39. The number of esters is 1. The number of ether oxygens (including phenoxy) is 1. The zero-order valence-corrected chi connectivity index (χ0v) is 18.3. The van der Waals surface area contributed by atoms with Crippen LogP contribution in [-0.4, -0.2) is 17.6 Å². The lowest BCUT2D eigenvalue weighted by Gasteiger charge is -2.27. The Bertz CT molecular complexity index is 1130. The van der Waals surface area contributed by atoms with E-state index in [9.17, 15) is 18.0 Å². The van der Waals surface area contributed by atoms with Crippen LogP contribution in [0, 0.1) is 0 Å². The minimum Gasteiger partial charge on any atom is -0.466 e.